The van der Waals surface area contributed by atoms with Crippen LogP contribution in [0.2, 0.25) is 0 Å². The molecule has 0 spiro atoms. The van der Waals surface area contributed by atoms with Gasteiger partial charge in [-0.1, -0.05) is 49.7 Å². The zero-order valence-corrected chi connectivity index (χ0v) is 20.5. The first-order chi connectivity index (χ1) is 16.7. The van der Waals surface area contributed by atoms with Crippen LogP contribution in [0.25, 0.3) is 21.8 Å². The fourth-order valence-corrected chi connectivity index (χ4v) is 7.56. The Balaban J connectivity index is 1.23. The summed E-state index contributed by atoms with van der Waals surface area (Å²) in [5, 5.41) is 2.88. The van der Waals surface area contributed by atoms with Gasteiger partial charge in [-0.05, 0) is 67.8 Å². The van der Waals surface area contributed by atoms with Gasteiger partial charge in [-0.2, -0.15) is 0 Å². The lowest BCUT2D eigenvalue weighted by Crippen LogP contribution is -2.47. The average molecular weight is 453 g/mol. The number of hydrogen-bond acceptors (Lipinski definition) is 2. The van der Waals surface area contributed by atoms with Gasteiger partial charge in [0, 0.05) is 52.8 Å². The number of benzene rings is 2. The van der Waals surface area contributed by atoms with Crippen LogP contribution >= 0.6 is 0 Å². The molecular formula is C30H36N4. The lowest BCUT2D eigenvalue weighted by atomic mass is 9.73. The first-order valence-corrected chi connectivity index (χ1v) is 13.3. The maximum Gasteiger partial charge on any atom is 0.0504 e. The molecule has 2 aromatic carbocycles. The van der Waals surface area contributed by atoms with Crippen molar-refractivity contribution < 1.29 is 0 Å². The summed E-state index contributed by atoms with van der Waals surface area (Å²) in [7, 11) is 2.34. The van der Waals surface area contributed by atoms with E-state index in [4.69, 9.17) is 0 Å². The zero-order chi connectivity index (χ0) is 22.8. The third-order valence-corrected chi connectivity index (χ3v) is 9.41. The molecule has 1 fully saturated rings. The van der Waals surface area contributed by atoms with Crippen molar-refractivity contribution in [2.75, 3.05) is 26.7 Å². The number of H-pyrrole nitrogens is 2. The fraction of sp³-hybridized carbons (Fsp3) is 0.467. The molecule has 0 saturated carbocycles. The molecule has 4 aromatic rings. The van der Waals surface area contributed by atoms with Crippen molar-refractivity contribution >= 4 is 21.8 Å². The summed E-state index contributed by atoms with van der Waals surface area (Å²) >= 11 is 0. The Morgan fingerprint density at radius 1 is 0.824 bits per heavy atom. The molecule has 0 aliphatic carbocycles. The van der Waals surface area contributed by atoms with E-state index in [1.165, 1.54) is 72.0 Å². The molecule has 2 aromatic heterocycles. The van der Waals surface area contributed by atoms with E-state index < -0.39 is 0 Å². The highest BCUT2D eigenvalue weighted by Gasteiger charge is 2.41. The van der Waals surface area contributed by atoms with Crippen molar-refractivity contribution in [1.29, 1.82) is 0 Å². The number of likely N-dealkylation sites (N-methyl/N-ethyl adjacent to an activating group) is 1. The number of nitrogens with zero attached hydrogens (tertiary/aromatic N) is 2. The maximum absolute atomic E-state index is 3.86. The Morgan fingerprint density at radius 2 is 1.47 bits per heavy atom. The molecule has 2 N–H and O–H groups in total. The van der Waals surface area contributed by atoms with Gasteiger partial charge in [-0.25, -0.2) is 0 Å². The van der Waals surface area contributed by atoms with Gasteiger partial charge in [0.05, 0.1) is 12.1 Å². The number of aromatic amines is 2. The molecule has 0 amide bonds. The molecule has 0 radical (unpaired) electrons. The molecule has 4 nitrogen and oxygen atoms in total. The SMILES string of the molecule is CCC1CN2CCc3c([nH]c4ccccc34)C2C[C@H]1CC1c2[nH]c3ccccc3c2CCN1C. The Bertz CT molecular complexity index is 1350. The van der Waals surface area contributed by atoms with E-state index >= 15 is 0 Å². The first-order valence-electron chi connectivity index (χ1n) is 13.3. The molecule has 3 unspecified atom stereocenters. The highest BCUT2D eigenvalue weighted by molar-refractivity contribution is 5.86. The predicted octanol–water partition coefficient (Wildman–Crippen LogP) is 6.21. The second kappa shape index (κ2) is 8.00. The second-order valence-electron chi connectivity index (χ2n) is 11.0. The van der Waals surface area contributed by atoms with Gasteiger partial charge in [0.2, 0.25) is 0 Å². The van der Waals surface area contributed by atoms with Crippen LogP contribution in [0.5, 0.6) is 0 Å². The Morgan fingerprint density at radius 3 is 2.21 bits per heavy atom. The highest BCUT2D eigenvalue weighted by atomic mass is 15.2. The molecule has 34 heavy (non-hydrogen) atoms. The lowest BCUT2D eigenvalue weighted by Gasteiger charge is -2.48. The molecule has 3 aliphatic heterocycles. The summed E-state index contributed by atoms with van der Waals surface area (Å²) in [4.78, 5) is 13.1. The number of piperidine rings is 1. The molecule has 3 aliphatic rings. The quantitative estimate of drug-likeness (QED) is 0.388. The largest absolute Gasteiger partial charge is 0.357 e. The predicted molar refractivity (Wildman–Crippen MR) is 140 cm³/mol. The van der Waals surface area contributed by atoms with Gasteiger partial charge in [-0.3, -0.25) is 9.80 Å². The summed E-state index contributed by atoms with van der Waals surface area (Å²) in [6, 6.07) is 18.8. The van der Waals surface area contributed by atoms with Gasteiger partial charge in [0.15, 0.2) is 0 Å². The number of para-hydroxylation sites is 2. The molecule has 0 bridgehead atoms. The minimum atomic E-state index is 0.493. The Kier molecular flexibility index (Phi) is 4.89. The van der Waals surface area contributed by atoms with Crippen molar-refractivity contribution in [3.05, 3.63) is 71.0 Å². The molecular weight excluding hydrogens is 416 g/mol. The summed E-state index contributed by atoms with van der Waals surface area (Å²) in [6.07, 6.45) is 6.15. The van der Waals surface area contributed by atoms with Crippen molar-refractivity contribution in [2.45, 2.75) is 51.1 Å². The van der Waals surface area contributed by atoms with Gasteiger partial charge >= 0.3 is 0 Å². The van der Waals surface area contributed by atoms with Crippen molar-refractivity contribution in [1.82, 2.24) is 19.8 Å². The van der Waals surface area contributed by atoms with E-state index in [2.05, 4.69) is 82.3 Å². The Hall–Kier alpha value is -2.56. The van der Waals surface area contributed by atoms with E-state index in [1.54, 1.807) is 11.1 Å². The molecule has 176 valence electrons. The summed E-state index contributed by atoms with van der Waals surface area (Å²) in [6.45, 7) is 6.02. The number of fused-ring (bicyclic) bond motifs is 8. The number of rotatable bonds is 3. The van der Waals surface area contributed by atoms with Crippen LogP contribution in [0.1, 0.15) is 60.8 Å². The van der Waals surface area contributed by atoms with Crippen LogP contribution in [0.15, 0.2) is 48.5 Å². The fourth-order valence-electron chi connectivity index (χ4n) is 7.56. The average Bonchev–Trinajstić information content (AvgIpc) is 3.44. The van der Waals surface area contributed by atoms with Crippen LogP contribution in [0, 0.1) is 11.8 Å². The smallest absolute Gasteiger partial charge is 0.0504 e. The number of aromatic nitrogens is 2. The molecule has 4 heteroatoms. The standard InChI is InChI=1S/C30H36N4/c1-3-19-18-34-15-13-24-22-9-5-7-11-26(22)32-30(24)28(34)17-20(19)16-27-29-23(12-14-33(27)2)21-8-4-6-10-25(21)31-29/h4-11,19-20,27-28,31-32H,3,12-18H2,1-2H3/t19?,20-,27?,28?/m1/s1. The Labute approximate surface area is 202 Å². The summed E-state index contributed by atoms with van der Waals surface area (Å²) < 4.78 is 0. The van der Waals surface area contributed by atoms with Gasteiger partial charge < -0.3 is 9.97 Å². The van der Waals surface area contributed by atoms with E-state index in [-0.39, 0.29) is 0 Å². The van der Waals surface area contributed by atoms with Gasteiger partial charge in [-0.15, -0.1) is 0 Å². The second-order valence-corrected chi connectivity index (χ2v) is 11.0. The third-order valence-electron chi connectivity index (χ3n) is 9.41. The topological polar surface area (TPSA) is 38.1 Å². The normalized spacial score (nSPS) is 27.6. The van der Waals surface area contributed by atoms with Crippen LogP contribution in [0.4, 0.5) is 0 Å². The molecule has 5 heterocycles. The maximum atomic E-state index is 3.86. The summed E-state index contributed by atoms with van der Waals surface area (Å²) in [5.41, 5.74) is 8.78. The number of hydrogen-bond donors (Lipinski definition) is 2. The highest BCUT2D eigenvalue weighted by Crippen LogP contribution is 2.47. The molecule has 1 saturated heterocycles. The summed E-state index contributed by atoms with van der Waals surface area (Å²) in [5.74, 6) is 1.53. The minimum absolute atomic E-state index is 0.493. The van der Waals surface area contributed by atoms with E-state index in [1.807, 2.05) is 0 Å². The lowest BCUT2D eigenvalue weighted by molar-refractivity contribution is 0.0325. The minimum Gasteiger partial charge on any atom is -0.357 e. The first kappa shape index (κ1) is 20.8. The van der Waals surface area contributed by atoms with Crippen LogP contribution < -0.4 is 0 Å². The molecule has 4 atom stereocenters. The van der Waals surface area contributed by atoms with Crippen LogP contribution in [-0.2, 0) is 12.8 Å². The van der Waals surface area contributed by atoms with Gasteiger partial charge in [0.1, 0.15) is 0 Å². The third kappa shape index (κ3) is 3.11. The van der Waals surface area contributed by atoms with Crippen molar-refractivity contribution in [3.63, 3.8) is 0 Å². The van der Waals surface area contributed by atoms with Crippen molar-refractivity contribution in [3.8, 4) is 0 Å². The number of nitrogens with one attached hydrogen (secondary N) is 2. The zero-order valence-electron chi connectivity index (χ0n) is 20.5. The van der Waals surface area contributed by atoms with Crippen LogP contribution in [-0.4, -0.2) is 46.4 Å². The van der Waals surface area contributed by atoms with Crippen molar-refractivity contribution in [2.24, 2.45) is 11.8 Å². The van der Waals surface area contributed by atoms with Crippen LogP contribution in [0.3, 0.4) is 0 Å². The van der Waals surface area contributed by atoms with E-state index in [9.17, 15) is 0 Å². The monoisotopic (exact) mass is 452 g/mol. The van der Waals surface area contributed by atoms with Gasteiger partial charge in [0.25, 0.3) is 0 Å². The molecule has 7 rings (SSSR count). The van der Waals surface area contributed by atoms with E-state index in [0.717, 1.165) is 24.8 Å². The van der Waals surface area contributed by atoms with E-state index in [0.29, 0.717) is 12.1 Å².